The van der Waals surface area contributed by atoms with Crippen molar-refractivity contribution in [1.82, 2.24) is 5.32 Å². The van der Waals surface area contributed by atoms with E-state index >= 15 is 0 Å². The molecule has 1 atom stereocenters. The summed E-state index contributed by atoms with van der Waals surface area (Å²) in [5, 5.41) is 5.94. The number of anilines is 2. The molecule has 0 unspecified atom stereocenters. The molecule has 2 aliphatic rings. The second-order valence-corrected chi connectivity index (χ2v) is 8.04. The lowest BCUT2D eigenvalue weighted by atomic mass is 9.97. The SMILES string of the molecule is CCCC(=O)Nc1ccc(N2CCC(C)CC2)c(C(=O)NC[C@@H]2CCCO2)c1. The van der Waals surface area contributed by atoms with Crippen LogP contribution in [-0.2, 0) is 9.53 Å². The highest BCUT2D eigenvalue weighted by molar-refractivity contribution is 6.02. The number of hydrogen-bond acceptors (Lipinski definition) is 4. The van der Waals surface area contributed by atoms with Crippen molar-refractivity contribution in [2.45, 2.75) is 58.5 Å². The summed E-state index contributed by atoms with van der Waals surface area (Å²) in [7, 11) is 0. The molecule has 6 nitrogen and oxygen atoms in total. The molecule has 0 spiro atoms. The molecule has 0 saturated carbocycles. The van der Waals surface area contributed by atoms with Crippen LogP contribution in [0.1, 0.15) is 62.7 Å². The molecule has 0 bridgehead atoms. The number of hydrogen-bond donors (Lipinski definition) is 2. The van der Waals surface area contributed by atoms with Gasteiger partial charge in [0.15, 0.2) is 0 Å². The van der Waals surface area contributed by atoms with E-state index in [9.17, 15) is 9.59 Å². The van der Waals surface area contributed by atoms with Crippen LogP contribution in [0.3, 0.4) is 0 Å². The third-order valence-corrected chi connectivity index (χ3v) is 5.64. The second kappa shape index (κ2) is 9.92. The molecular weight excluding hydrogens is 354 g/mol. The molecule has 1 aromatic carbocycles. The molecular formula is C22H33N3O3. The van der Waals surface area contributed by atoms with Gasteiger partial charge in [-0.2, -0.15) is 0 Å². The Kier molecular flexibility index (Phi) is 7.31. The number of ether oxygens (including phenoxy) is 1. The summed E-state index contributed by atoms with van der Waals surface area (Å²) in [5.41, 5.74) is 2.25. The summed E-state index contributed by atoms with van der Waals surface area (Å²) in [6, 6.07) is 5.68. The van der Waals surface area contributed by atoms with Gasteiger partial charge in [-0.1, -0.05) is 13.8 Å². The topological polar surface area (TPSA) is 70.7 Å². The van der Waals surface area contributed by atoms with Gasteiger partial charge in [-0.3, -0.25) is 9.59 Å². The summed E-state index contributed by atoms with van der Waals surface area (Å²) in [5.74, 6) is 0.601. The fraction of sp³-hybridized carbons (Fsp3) is 0.636. The van der Waals surface area contributed by atoms with Gasteiger partial charge in [0.25, 0.3) is 5.91 Å². The minimum atomic E-state index is -0.101. The van der Waals surface area contributed by atoms with Crippen LogP contribution in [0.15, 0.2) is 18.2 Å². The Balaban J connectivity index is 1.76. The molecule has 2 heterocycles. The van der Waals surface area contributed by atoms with Gasteiger partial charge in [0, 0.05) is 44.0 Å². The molecule has 0 aliphatic carbocycles. The van der Waals surface area contributed by atoms with Crippen LogP contribution in [0.4, 0.5) is 11.4 Å². The summed E-state index contributed by atoms with van der Waals surface area (Å²) in [4.78, 5) is 27.3. The third kappa shape index (κ3) is 5.47. The Labute approximate surface area is 168 Å². The van der Waals surface area contributed by atoms with E-state index in [4.69, 9.17) is 4.74 Å². The molecule has 0 radical (unpaired) electrons. The van der Waals surface area contributed by atoms with Crippen molar-refractivity contribution >= 4 is 23.2 Å². The summed E-state index contributed by atoms with van der Waals surface area (Å²) >= 11 is 0. The van der Waals surface area contributed by atoms with Crippen LogP contribution in [-0.4, -0.2) is 44.2 Å². The van der Waals surface area contributed by atoms with Crippen molar-refractivity contribution in [3.63, 3.8) is 0 Å². The van der Waals surface area contributed by atoms with Gasteiger partial charge in [0.05, 0.1) is 11.7 Å². The lowest BCUT2D eigenvalue weighted by Gasteiger charge is -2.33. The smallest absolute Gasteiger partial charge is 0.253 e. The van der Waals surface area contributed by atoms with E-state index in [2.05, 4.69) is 22.5 Å². The van der Waals surface area contributed by atoms with Gasteiger partial charge in [0.2, 0.25) is 5.91 Å². The van der Waals surface area contributed by atoms with Gasteiger partial charge in [0.1, 0.15) is 0 Å². The number of carbonyl (C=O) groups excluding carboxylic acids is 2. The maximum Gasteiger partial charge on any atom is 0.253 e. The van der Waals surface area contributed by atoms with E-state index in [-0.39, 0.29) is 17.9 Å². The maximum absolute atomic E-state index is 13.0. The normalized spacial score (nSPS) is 20.2. The van der Waals surface area contributed by atoms with Gasteiger partial charge in [-0.05, 0) is 56.2 Å². The lowest BCUT2D eigenvalue weighted by Crippen LogP contribution is -2.36. The summed E-state index contributed by atoms with van der Waals surface area (Å²) in [6.45, 7) is 7.46. The van der Waals surface area contributed by atoms with Crippen molar-refractivity contribution in [1.29, 1.82) is 0 Å². The average Bonchev–Trinajstić information content (AvgIpc) is 3.21. The Hall–Kier alpha value is -2.08. The van der Waals surface area contributed by atoms with E-state index in [1.165, 1.54) is 0 Å². The first-order valence-corrected chi connectivity index (χ1v) is 10.7. The largest absolute Gasteiger partial charge is 0.376 e. The monoisotopic (exact) mass is 387 g/mol. The first-order valence-electron chi connectivity index (χ1n) is 10.7. The molecule has 154 valence electrons. The summed E-state index contributed by atoms with van der Waals surface area (Å²) in [6.07, 6.45) is 5.69. The zero-order valence-corrected chi connectivity index (χ0v) is 17.1. The zero-order valence-electron chi connectivity index (χ0n) is 17.1. The fourth-order valence-corrected chi connectivity index (χ4v) is 3.88. The predicted molar refractivity (Wildman–Crippen MR) is 112 cm³/mol. The molecule has 2 fully saturated rings. The van der Waals surface area contributed by atoms with Crippen LogP contribution in [0, 0.1) is 5.92 Å². The molecule has 28 heavy (non-hydrogen) atoms. The minimum Gasteiger partial charge on any atom is -0.376 e. The lowest BCUT2D eigenvalue weighted by molar-refractivity contribution is -0.116. The summed E-state index contributed by atoms with van der Waals surface area (Å²) < 4.78 is 5.62. The third-order valence-electron chi connectivity index (χ3n) is 5.64. The van der Waals surface area contributed by atoms with Gasteiger partial charge < -0.3 is 20.3 Å². The number of benzene rings is 1. The predicted octanol–water partition coefficient (Wildman–Crippen LogP) is 3.57. The first kappa shape index (κ1) is 20.6. The van der Waals surface area contributed by atoms with Gasteiger partial charge >= 0.3 is 0 Å². The highest BCUT2D eigenvalue weighted by Crippen LogP contribution is 2.29. The molecule has 2 aliphatic heterocycles. The number of nitrogens with zero attached hydrogens (tertiary/aromatic N) is 1. The van der Waals surface area contributed by atoms with Crippen LogP contribution < -0.4 is 15.5 Å². The van der Waals surface area contributed by atoms with E-state index in [1.54, 1.807) is 0 Å². The molecule has 1 aromatic rings. The first-order chi connectivity index (χ1) is 13.6. The number of carbonyl (C=O) groups is 2. The number of amides is 2. The van der Waals surface area contributed by atoms with Crippen molar-refractivity contribution in [2.75, 3.05) is 36.5 Å². The van der Waals surface area contributed by atoms with Gasteiger partial charge in [-0.25, -0.2) is 0 Å². The highest BCUT2D eigenvalue weighted by Gasteiger charge is 2.23. The quantitative estimate of drug-likeness (QED) is 0.750. The van der Waals surface area contributed by atoms with Crippen LogP contribution in [0.25, 0.3) is 0 Å². The average molecular weight is 388 g/mol. The zero-order chi connectivity index (χ0) is 19.9. The van der Waals surface area contributed by atoms with E-state index in [0.29, 0.717) is 24.2 Å². The van der Waals surface area contributed by atoms with E-state index < -0.39 is 0 Å². The fourth-order valence-electron chi connectivity index (χ4n) is 3.88. The van der Waals surface area contributed by atoms with Gasteiger partial charge in [-0.15, -0.1) is 0 Å². The second-order valence-electron chi connectivity index (χ2n) is 8.04. The molecule has 6 heteroatoms. The minimum absolute atomic E-state index is 0.0206. The highest BCUT2D eigenvalue weighted by atomic mass is 16.5. The molecule has 3 rings (SSSR count). The standard InChI is InChI=1S/C22H33N3O3/c1-3-5-21(26)24-17-7-8-20(25-11-9-16(2)10-12-25)19(14-17)22(27)23-15-18-6-4-13-28-18/h7-8,14,16,18H,3-6,9-13,15H2,1-2H3,(H,23,27)(H,24,26)/t18-/m0/s1. The van der Waals surface area contributed by atoms with Crippen molar-refractivity contribution < 1.29 is 14.3 Å². The van der Waals surface area contributed by atoms with Crippen LogP contribution >= 0.6 is 0 Å². The number of rotatable bonds is 7. The molecule has 0 aromatic heterocycles. The Bertz CT molecular complexity index is 678. The molecule has 2 amide bonds. The van der Waals surface area contributed by atoms with Crippen LogP contribution in [0.5, 0.6) is 0 Å². The number of nitrogens with one attached hydrogen (secondary N) is 2. The van der Waals surface area contributed by atoms with Crippen molar-refractivity contribution in [3.8, 4) is 0 Å². The van der Waals surface area contributed by atoms with E-state index in [0.717, 1.165) is 63.4 Å². The molecule has 2 saturated heterocycles. The number of piperidine rings is 1. The maximum atomic E-state index is 13.0. The molecule has 2 N–H and O–H groups in total. The van der Waals surface area contributed by atoms with Crippen molar-refractivity contribution in [2.24, 2.45) is 5.92 Å². The Morgan fingerprint density at radius 1 is 1.21 bits per heavy atom. The van der Waals surface area contributed by atoms with Crippen LogP contribution in [0.2, 0.25) is 0 Å². The Morgan fingerprint density at radius 3 is 2.68 bits per heavy atom. The van der Waals surface area contributed by atoms with E-state index in [1.807, 2.05) is 25.1 Å². The van der Waals surface area contributed by atoms with Crippen molar-refractivity contribution in [3.05, 3.63) is 23.8 Å². The Morgan fingerprint density at radius 2 is 2.00 bits per heavy atom.